The fourth-order valence-corrected chi connectivity index (χ4v) is 4.20. The van der Waals surface area contributed by atoms with E-state index in [0.717, 1.165) is 24.8 Å². The van der Waals surface area contributed by atoms with Crippen LogP contribution in [-0.2, 0) is 9.59 Å². The fourth-order valence-electron chi connectivity index (χ4n) is 4.20. The molecule has 0 unspecified atom stereocenters. The van der Waals surface area contributed by atoms with Gasteiger partial charge in [-0.05, 0) is 56.4 Å². The molecular weight excluding hydrogens is 354 g/mol. The number of aryl methyl sites for hydroxylation is 1. The van der Waals surface area contributed by atoms with Crippen LogP contribution in [0.4, 0.5) is 5.69 Å². The Morgan fingerprint density at radius 1 is 0.964 bits per heavy atom. The molecule has 5 heteroatoms. The molecule has 0 radical (unpaired) electrons. The van der Waals surface area contributed by atoms with Crippen molar-refractivity contribution >= 4 is 23.5 Å². The number of benzene rings is 2. The van der Waals surface area contributed by atoms with E-state index in [1.165, 1.54) is 4.90 Å². The first kappa shape index (κ1) is 18.4. The van der Waals surface area contributed by atoms with Gasteiger partial charge in [-0.25, -0.2) is 9.69 Å². The van der Waals surface area contributed by atoms with E-state index in [0.29, 0.717) is 17.2 Å². The molecule has 4 rings (SSSR count). The Balaban J connectivity index is 1.63. The molecular formula is C23H23NO4. The molecule has 5 nitrogen and oxygen atoms in total. The lowest BCUT2D eigenvalue weighted by Gasteiger charge is -2.25. The summed E-state index contributed by atoms with van der Waals surface area (Å²) in [4.78, 5) is 39.7. The maximum absolute atomic E-state index is 13.0. The van der Waals surface area contributed by atoms with Crippen molar-refractivity contribution < 1.29 is 19.1 Å². The summed E-state index contributed by atoms with van der Waals surface area (Å²) in [5.41, 5.74) is 1.81. The molecule has 3 atom stereocenters. The SMILES string of the molecule is Cc1ccc(C(=O)Oc2ccccc2N2C(=O)[C@@H]3CC[C@H](C)C[C@H]3C2=O)cc1. The number of rotatable bonds is 3. The van der Waals surface area contributed by atoms with E-state index in [-0.39, 0.29) is 29.4 Å². The van der Waals surface area contributed by atoms with Crippen LogP contribution in [0.5, 0.6) is 5.75 Å². The number of para-hydroxylation sites is 2. The van der Waals surface area contributed by atoms with Gasteiger partial charge in [0.05, 0.1) is 23.1 Å². The van der Waals surface area contributed by atoms with E-state index < -0.39 is 5.97 Å². The third kappa shape index (κ3) is 3.21. The normalized spacial score (nSPS) is 24.2. The summed E-state index contributed by atoms with van der Waals surface area (Å²) in [6.45, 7) is 4.06. The van der Waals surface area contributed by atoms with Gasteiger partial charge in [0.2, 0.25) is 11.8 Å². The first-order chi connectivity index (χ1) is 13.5. The standard InChI is InChI=1S/C23H23NO4/c1-14-7-10-16(11-8-14)23(27)28-20-6-4-3-5-19(20)24-21(25)17-12-9-15(2)13-18(17)22(24)26/h3-8,10-11,15,17-18H,9,12-13H2,1-2H3/t15-,17+,18+/m0/s1. The minimum Gasteiger partial charge on any atom is -0.421 e. The number of fused-ring (bicyclic) bond motifs is 1. The molecule has 1 aliphatic heterocycles. The molecule has 28 heavy (non-hydrogen) atoms. The minimum absolute atomic E-state index is 0.180. The highest BCUT2D eigenvalue weighted by Crippen LogP contribution is 2.44. The lowest BCUT2D eigenvalue weighted by atomic mass is 9.76. The van der Waals surface area contributed by atoms with Crippen molar-refractivity contribution in [1.29, 1.82) is 0 Å². The third-order valence-electron chi connectivity index (χ3n) is 5.78. The summed E-state index contributed by atoms with van der Waals surface area (Å²) >= 11 is 0. The molecule has 2 amide bonds. The summed E-state index contributed by atoms with van der Waals surface area (Å²) in [7, 11) is 0. The number of ether oxygens (including phenoxy) is 1. The highest BCUT2D eigenvalue weighted by Gasteiger charge is 2.50. The lowest BCUT2D eigenvalue weighted by molar-refractivity contribution is -0.122. The number of hydrogen-bond acceptors (Lipinski definition) is 4. The van der Waals surface area contributed by atoms with E-state index in [2.05, 4.69) is 6.92 Å². The van der Waals surface area contributed by atoms with Crippen LogP contribution in [0.3, 0.4) is 0 Å². The topological polar surface area (TPSA) is 63.7 Å². The highest BCUT2D eigenvalue weighted by molar-refractivity contribution is 6.22. The van der Waals surface area contributed by atoms with Crippen molar-refractivity contribution in [3.8, 4) is 5.75 Å². The molecule has 0 N–H and O–H groups in total. The average Bonchev–Trinajstić information content (AvgIpc) is 2.93. The zero-order valence-electron chi connectivity index (χ0n) is 16.1. The number of hydrogen-bond donors (Lipinski definition) is 0. The Kier molecular flexibility index (Phi) is 4.75. The maximum Gasteiger partial charge on any atom is 0.343 e. The number of imide groups is 1. The molecule has 1 heterocycles. The number of carbonyl (C=O) groups excluding carboxylic acids is 3. The second-order valence-corrected chi connectivity index (χ2v) is 7.87. The van der Waals surface area contributed by atoms with Gasteiger partial charge in [-0.2, -0.15) is 0 Å². The number of amides is 2. The Morgan fingerprint density at radius 3 is 2.39 bits per heavy atom. The van der Waals surface area contributed by atoms with E-state index in [4.69, 9.17) is 4.74 Å². The molecule has 144 valence electrons. The molecule has 0 aromatic heterocycles. The maximum atomic E-state index is 13.0. The number of anilines is 1. The quantitative estimate of drug-likeness (QED) is 0.458. The van der Waals surface area contributed by atoms with Gasteiger partial charge in [-0.15, -0.1) is 0 Å². The van der Waals surface area contributed by atoms with Crippen LogP contribution in [0.1, 0.15) is 42.1 Å². The van der Waals surface area contributed by atoms with Gasteiger partial charge in [-0.3, -0.25) is 9.59 Å². The van der Waals surface area contributed by atoms with Gasteiger partial charge >= 0.3 is 5.97 Å². The largest absolute Gasteiger partial charge is 0.421 e. The predicted octanol–water partition coefficient (Wildman–Crippen LogP) is 4.14. The van der Waals surface area contributed by atoms with Crippen molar-refractivity contribution in [3.63, 3.8) is 0 Å². The molecule has 1 aliphatic carbocycles. The molecule has 2 aromatic carbocycles. The molecule has 2 fully saturated rings. The van der Waals surface area contributed by atoms with Crippen LogP contribution in [-0.4, -0.2) is 17.8 Å². The van der Waals surface area contributed by atoms with Gasteiger partial charge in [0.25, 0.3) is 0 Å². The minimum atomic E-state index is -0.516. The van der Waals surface area contributed by atoms with Crippen molar-refractivity contribution in [1.82, 2.24) is 0 Å². The van der Waals surface area contributed by atoms with Crippen LogP contribution in [0.15, 0.2) is 48.5 Å². The Labute approximate surface area is 164 Å². The van der Waals surface area contributed by atoms with Gasteiger partial charge in [0, 0.05) is 0 Å². The second-order valence-electron chi connectivity index (χ2n) is 7.87. The number of esters is 1. The van der Waals surface area contributed by atoms with Crippen molar-refractivity contribution in [2.75, 3.05) is 4.90 Å². The van der Waals surface area contributed by atoms with E-state index in [9.17, 15) is 14.4 Å². The Morgan fingerprint density at radius 2 is 1.64 bits per heavy atom. The van der Waals surface area contributed by atoms with Gasteiger partial charge in [-0.1, -0.05) is 36.8 Å². The molecule has 0 bridgehead atoms. The lowest BCUT2D eigenvalue weighted by Crippen LogP contribution is -2.31. The number of nitrogens with zero attached hydrogens (tertiary/aromatic N) is 1. The van der Waals surface area contributed by atoms with Crippen molar-refractivity contribution in [2.45, 2.75) is 33.1 Å². The van der Waals surface area contributed by atoms with Crippen LogP contribution >= 0.6 is 0 Å². The molecule has 2 aromatic rings. The van der Waals surface area contributed by atoms with Crippen LogP contribution < -0.4 is 9.64 Å². The van der Waals surface area contributed by atoms with Crippen molar-refractivity contribution in [2.24, 2.45) is 17.8 Å². The van der Waals surface area contributed by atoms with Gasteiger partial charge in [0.1, 0.15) is 0 Å². The second kappa shape index (κ2) is 7.23. The zero-order valence-corrected chi connectivity index (χ0v) is 16.1. The van der Waals surface area contributed by atoms with E-state index in [1.54, 1.807) is 36.4 Å². The monoisotopic (exact) mass is 377 g/mol. The smallest absolute Gasteiger partial charge is 0.343 e. The molecule has 1 saturated carbocycles. The third-order valence-corrected chi connectivity index (χ3v) is 5.78. The number of carbonyl (C=O) groups is 3. The average molecular weight is 377 g/mol. The van der Waals surface area contributed by atoms with Crippen LogP contribution in [0.25, 0.3) is 0 Å². The summed E-state index contributed by atoms with van der Waals surface area (Å²) in [5, 5.41) is 0. The van der Waals surface area contributed by atoms with Crippen LogP contribution in [0.2, 0.25) is 0 Å². The Hall–Kier alpha value is -2.95. The first-order valence-corrected chi connectivity index (χ1v) is 9.71. The van der Waals surface area contributed by atoms with Crippen LogP contribution in [0, 0.1) is 24.7 Å². The summed E-state index contributed by atoms with van der Waals surface area (Å²) in [5.74, 6) is -0.741. The zero-order chi connectivity index (χ0) is 19.8. The summed E-state index contributed by atoms with van der Waals surface area (Å²) < 4.78 is 5.57. The molecule has 1 saturated heterocycles. The van der Waals surface area contributed by atoms with Crippen molar-refractivity contribution in [3.05, 3.63) is 59.7 Å². The highest BCUT2D eigenvalue weighted by atomic mass is 16.5. The molecule has 0 spiro atoms. The van der Waals surface area contributed by atoms with Gasteiger partial charge in [0.15, 0.2) is 5.75 Å². The first-order valence-electron chi connectivity index (χ1n) is 9.71. The van der Waals surface area contributed by atoms with Gasteiger partial charge < -0.3 is 4.74 Å². The Bertz CT molecular complexity index is 934. The molecule has 2 aliphatic rings. The fraction of sp³-hybridized carbons (Fsp3) is 0.348. The van der Waals surface area contributed by atoms with E-state index >= 15 is 0 Å². The van der Waals surface area contributed by atoms with E-state index in [1.807, 2.05) is 19.1 Å². The predicted molar refractivity (Wildman–Crippen MR) is 105 cm³/mol. The summed E-state index contributed by atoms with van der Waals surface area (Å²) in [6.07, 6.45) is 2.42. The summed E-state index contributed by atoms with van der Waals surface area (Å²) in [6, 6.07) is 13.8.